The molecule has 0 aliphatic carbocycles. The Balaban J connectivity index is 0.000000138. The highest BCUT2D eigenvalue weighted by Crippen LogP contribution is 2.47. The maximum absolute atomic E-state index is 5.25. The molecule has 0 amide bonds. The standard InChI is InChI=1S/C46H30N2.C41H27N3.2C5H5N/c1-3-16-32(17-4-1)42-30-43(37-28-14-20-31-15-7-8-23-36(31)37)48-46(47-42)35-22-13-21-34(29-35)45-40-26-11-9-24-38(40)44(33-18-5-2-6-19-33)39-25-10-12-27-41(39)45;1-3-13-28(14-4-1)37-26-38(29-15-5-2-6-16-29)44-41(43-37)31-18-11-17-30(25-31)39-33-20-7-9-22-35(33)40(32-19-12-24-42-27-32)36-23-10-8-21-34(36)39;2*1-2-4-6-5-3-1/h1-30H;1-27H;2*1-5H. The summed E-state index contributed by atoms with van der Waals surface area (Å²) in [6.07, 6.45) is 10.8. The van der Waals surface area contributed by atoms with E-state index in [1.165, 1.54) is 81.7 Å². The van der Waals surface area contributed by atoms with E-state index >= 15 is 0 Å². The van der Waals surface area contributed by atoms with Gasteiger partial charge in [-0.1, -0.05) is 315 Å². The molecule has 0 aliphatic rings. The Kier molecular flexibility index (Phi) is 19.0. The van der Waals surface area contributed by atoms with Crippen LogP contribution in [0, 0.1) is 0 Å². The molecular formula is C97H67N7. The molecule has 0 saturated carbocycles. The van der Waals surface area contributed by atoms with Crippen molar-refractivity contribution in [2.24, 2.45) is 0 Å². The molecule has 5 aromatic heterocycles. The smallest absolute Gasteiger partial charge is 0.160 e. The van der Waals surface area contributed by atoms with E-state index in [2.05, 4.69) is 300 Å². The van der Waals surface area contributed by atoms with Crippen LogP contribution in [0.2, 0.25) is 0 Å². The Morgan fingerprint density at radius 2 is 0.442 bits per heavy atom. The van der Waals surface area contributed by atoms with Gasteiger partial charge in [0.2, 0.25) is 0 Å². The largest absolute Gasteiger partial charge is 0.265 e. The maximum Gasteiger partial charge on any atom is 0.160 e. The van der Waals surface area contributed by atoms with Crippen LogP contribution in [0.1, 0.15) is 0 Å². The van der Waals surface area contributed by atoms with Gasteiger partial charge in [-0.3, -0.25) is 15.0 Å². The number of benzene rings is 14. The number of nitrogens with zero attached hydrogens (tertiary/aromatic N) is 7. The number of pyridine rings is 3. The number of hydrogen-bond donors (Lipinski definition) is 0. The SMILES string of the molecule is c1ccc(-c2cc(-c3cccc4ccccc34)nc(-c3cccc(-c4c5ccccc5c(-c5ccccc5)c5ccccc45)c3)n2)cc1.c1ccc(-c2cc(-c3ccccc3)nc(-c3cccc(-c4c5ccccc5c(-c5cccnc5)c5ccccc45)c3)n2)cc1.c1ccncc1.c1ccncc1. The highest BCUT2D eigenvalue weighted by molar-refractivity contribution is 6.23. The third kappa shape index (κ3) is 13.9. The second kappa shape index (κ2) is 30.6. The molecule has 0 N–H and O–H groups in total. The van der Waals surface area contributed by atoms with Crippen molar-refractivity contribution in [2.75, 3.05) is 0 Å². The maximum atomic E-state index is 5.25. The summed E-state index contributed by atoms with van der Waals surface area (Å²) in [6.45, 7) is 0. The molecule has 0 fully saturated rings. The number of fused-ring (bicyclic) bond motifs is 5. The van der Waals surface area contributed by atoms with Crippen LogP contribution in [0.5, 0.6) is 0 Å². The zero-order chi connectivity index (χ0) is 69.6. The van der Waals surface area contributed by atoms with Gasteiger partial charge in [-0.2, -0.15) is 0 Å². The number of hydrogen-bond acceptors (Lipinski definition) is 7. The van der Waals surface area contributed by atoms with Gasteiger partial charge in [0.25, 0.3) is 0 Å². The molecule has 0 unspecified atom stereocenters. The Bertz CT molecular complexity index is 5880. The molecule has 490 valence electrons. The molecular weight excluding hydrogens is 1260 g/mol. The van der Waals surface area contributed by atoms with Gasteiger partial charge < -0.3 is 0 Å². The van der Waals surface area contributed by atoms with Crippen LogP contribution in [0.15, 0.2) is 407 Å². The predicted molar refractivity (Wildman–Crippen MR) is 432 cm³/mol. The predicted octanol–water partition coefficient (Wildman–Crippen LogP) is 24.9. The van der Waals surface area contributed by atoms with Gasteiger partial charge in [0.15, 0.2) is 11.6 Å². The van der Waals surface area contributed by atoms with Crippen molar-refractivity contribution in [3.8, 4) is 112 Å². The normalized spacial score (nSPS) is 10.9. The van der Waals surface area contributed by atoms with Crippen LogP contribution in [0.3, 0.4) is 0 Å². The lowest BCUT2D eigenvalue weighted by atomic mass is 9.85. The lowest BCUT2D eigenvalue weighted by Crippen LogP contribution is -1.97. The Labute approximate surface area is 604 Å². The summed E-state index contributed by atoms with van der Waals surface area (Å²) in [6, 6.07) is 129. The van der Waals surface area contributed by atoms with E-state index < -0.39 is 0 Å². The topological polar surface area (TPSA) is 90.2 Å². The lowest BCUT2D eigenvalue weighted by Gasteiger charge is -2.18. The van der Waals surface area contributed by atoms with Crippen molar-refractivity contribution in [3.63, 3.8) is 0 Å². The Morgan fingerprint density at radius 3 is 0.817 bits per heavy atom. The van der Waals surface area contributed by atoms with Crippen molar-refractivity contribution < 1.29 is 0 Å². The van der Waals surface area contributed by atoms with E-state index in [4.69, 9.17) is 19.9 Å². The Morgan fingerprint density at radius 1 is 0.163 bits per heavy atom. The molecule has 14 aromatic carbocycles. The minimum Gasteiger partial charge on any atom is -0.265 e. The average Bonchev–Trinajstić information content (AvgIpc) is 0.741. The second-order valence-corrected chi connectivity index (χ2v) is 25.0. The molecule has 0 spiro atoms. The van der Waals surface area contributed by atoms with E-state index in [1.807, 2.05) is 97.3 Å². The Hall–Kier alpha value is -14.0. The van der Waals surface area contributed by atoms with E-state index in [-0.39, 0.29) is 0 Å². The number of aromatic nitrogens is 7. The van der Waals surface area contributed by atoms with Gasteiger partial charge in [-0.25, -0.2) is 19.9 Å². The fourth-order valence-corrected chi connectivity index (χ4v) is 13.9. The van der Waals surface area contributed by atoms with Crippen molar-refractivity contribution in [2.45, 2.75) is 0 Å². The summed E-state index contributed by atoms with van der Waals surface area (Å²) in [5.74, 6) is 1.41. The molecule has 104 heavy (non-hydrogen) atoms. The fourth-order valence-electron chi connectivity index (χ4n) is 13.9. The molecule has 19 rings (SSSR count). The van der Waals surface area contributed by atoms with Crippen LogP contribution < -0.4 is 0 Å². The molecule has 7 nitrogen and oxygen atoms in total. The van der Waals surface area contributed by atoms with Crippen LogP contribution in [-0.2, 0) is 0 Å². The quantitative estimate of drug-likeness (QED) is 0.126. The van der Waals surface area contributed by atoms with Gasteiger partial charge in [0, 0.05) is 76.1 Å². The first-order chi connectivity index (χ1) is 51.6. The molecule has 0 bridgehead atoms. The molecule has 5 heterocycles. The van der Waals surface area contributed by atoms with E-state index in [0.717, 1.165) is 72.8 Å². The molecule has 0 aliphatic heterocycles. The first-order valence-corrected chi connectivity index (χ1v) is 34.8. The van der Waals surface area contributed by atoms with Gasteiger partial charge >= 0.3 is 0 Å². The summed E-state index contributed by atoms with van der Waals surface area (Å²) in [4.78, 5) is 32.6. The molecule has 0 atom stereocenters. The minimum atomic E-state index is 0.702. The third-order valence-electron chi connectivity index (χ3n) is 18.6. The molecule has 0 radical (unpaired) electrons. The van der Waals surface area contributed by atoms with Gasteiger partial charge in [0.1, 0.15) is 0 Å². The summed E-state index contributed by atoms with van der Waals surface area (Å²) in [5.41, 5.74) is 19.3. The van der Waals surface area contributed by atoms with Crippen LogP contribution in [-0.4, -0.2) is 34.9 Å². The van der Waals surface area contributed by atoms with Crippen LogP contribution in [0.4, 0.5) is 0 Å². The van der Waals surface area contributed by atoms with Gasteiger partial charge in [-0.05, 0) is 147 Å². The van der Waals surface area contributed by atoms with Gasteiger partial charge in [-0.15, -0.1) is 0 Å². The van der Waals surface area contributed by atoms with Crippen molar-refractivity contribution >= 4 is 53.9 Å². The molecule has 19 aromatic rings. The van der Waals surface area contributed by atoms with Gasteiger partial charge in [0.05, 0.1) is 22.8 Å². The second-order valence-electron chi connectivity index (χ2n) is 25.0. The third-order valence-corrected chi connectivity index (χ3v) is 18.6. The lowest BCUT2D eigenvalue weighted by molar-refractivity contribution is 1.18. The fraction of sp³-hybridized carbons (Fsp3) is 0. The number of rotatable bonds is 10. The van der Waals surface area contributed by atoms with Crippen molar-refractivity contribution in [3.05, 3.63) is 407 Å². The summed E-state index contributed by atoms with van der Waals surface area (Å²) < 4.78 is 0. The van der Waals surface area contributed by atoms with E-state index in [9.17, 15) is 0 Å². The summed E-state index contributed by atoms with van der Waals surface area (Å²) >= 11 is 0. The van der Waals surface area contributed by atoms with Crippen LogP contribution >= 0.6 is 0 Å². The summed E-state index contributed by atoms with van der Waals surface area (Å²) in [5, 5.41) is 12.1. The molecule has 0 saturated heterocycles. The summed E-state index contributed by atoms with van der Waals surface area (Å²) in [7, 11) is 0. The van der Waals surface area contributed by atoms with Crippen LogP contribution in [0.25, 0.3) is 166 Å². The highest BCUT2D eigenvalue weighted by atomic mass is 14.9. The highest BCUT2D eigenvalue weighted by Gasteiger charge is 2.21. The van der Waals surface area contributed by atoms with E-state index in [1.54, 1.807) is 24.8 Å². The minimum absolute atomic E-state index is 0.702. The molecule has 7 heteroatoms. The zero-order valence-corrected chi connectivity index (χ0v) is 56.8. The first-order valence-electron chi connectivity index (χ1n) is 34.8. The van der Waals surface area contributed by atoms with E-state index in [0.29, 0.717) is 11.6 Å². The van der Waals surface area contributed by atoms with Crippen molar-refractivity contribution in [1.82, 2.24) is 34.9 Å². The first kappa shape index (κ1) is 64.7. The van der Waals surface area contributed by atoms with Crippen molar-refractivity contribution in [1.29, 1.82) is 0 Å². The monoisotopic (exact) mass is 1330 g/mol. The zero-order valence-electron chi connectivity index (χ0n) is 56.8. The average molecular weight is 1330 g/mol.